The number of ether oxygens (including phenoxy) is 1. The third kappa shape index (κ3) is 5.49. The zero-order chi connectivity index (χ0) is 18.6. The zero-order valence-electron chi connectivity index (χ0n) is 17.2. The van der Waals surface area contributed by atoms with E-state index in [1.807, 2.05) is 13.4 Å². The first kappa shape index (κ1) is 19.8. The summed E-state index contributed by atoms with van der Waals surface area (Å²) in [5, 5.41) is 0. The van der Waals surface area contributed by atoms with Crippen LogP contribution in [0.4, 0.5) is 5.69 Å². The van der Waals surface area contributed by atoms with E-state index in [1.54, 1.807) is 0 Å². The third-order valence-corrected chi connectivity index (χ3v) is 5.53. The highest BCUT2D eigenvalue weighted by molar-refractivity contribution is 5.64. The quantitative estimate of drug-likeness (QED) is 0.491. The maximum atomic E-state index is 6.43. The molecule has 1 aliphatic carbocycles. The van der Waals surface area contributed by atoms with Gasteiger partial charge in [-0.25, -0.2) is 4.99 Å². The van der Waals surface area contributed by atoms with Gasteiger partial charge in [0.2, 0.25) is 0 Å². The summed E-state index contributed by atoms with van der Waals surface area (Å²) >= 11 is 0. The van der Waals surface area contributed by atoms with Crippen molar-refractivity contribution >= 4 is 12.0 Å². The fraction of sp³-hybridized carbons (Fsp3) is 0.682. The fourth-order valence-electron chi connectivity index (χ4n) is 3.50. The van der Waals surface area contributed by atoms with Gasteiger partial charge in [0.25, 0.3) is 0 Å². The van der Waals surface area contributed by atoms with Crippen molar-refractivity contribution in [3.63, 3.8) is 0 Å². The molecule has 0 N–H and O–H groups in total. The molecule has 0 radical (unpaired) electrons. The summed E-state index contributed by atoms with van der Waals surface area (Å²) in [5.41, 5.74) is 3.75. The second-order valence-corrected chi connectivity index (χ2v) is 8.69. The Bertz CT molecular complexity index is 601. The molecule has 3 heteroatoms. The maximum absolute atomic E-state index is 6.43. The largest absolute Gasteiger partial charge is 0.490 e. The topological polar surface area (TPSA) is 24.8 Å². The molecular weight excluding hydrogens is 308 g/mol. The lowest BCUT2D eigenvalue weighted by atomic mass is 9.71. The molecule has 0 bridgehead atoms. The Labute approximate surface area is 154 Å². The predicted octanol–water partition coefficient (Wildman–Crippen LogP) is 5.90. The maximum Gasteiger partial charge on any atom is 0.123 e. The predicted molar refractivity (Wildman–Crippen MR) is 108 cm³/mol. The Morgan fingerprint density at radius 2 is 1.92 bits per heavy atom. The van der Waals surface area contributed by atoms with E-state index in [-0.39, 0.29) is 0 Å². The second kappa shape index (κ2) is 8.25. The van der Waals surface area contributed by atoms with E-state index in [9.17, 15) is 0 Å². The van der Waals surface area contributed by atoms with Crippen molar-refractivity contribution in [3.8, 4) is 5.75 Å². The average Bonchev–Trinajstić information content (AvgIpc) is 2.55. The van der Waals surface area contributed by atoms with E-state index >= 15 is 0 Å². The van der Waals surface area contributed by atoms with Crippen LogP contribution >= 0.6 is 0 Å². The number of aryl methyl sites for hydroxylation is 2. The number of benzene rings is 1. The Balaban J connectivity index is 2.10. The van der Waals surface area contributed by atoms with Gasteiger partial charge in [-0.2, -0.15) is 0 Å². The Morgan fingerprint density at radius 3 is 2.56 bits per heavy atom. The van der Waals surface area contributed by atoms with Crippen LogP contribution in [-0.2, 0) is 0 Å². The molecule has 0 amide bonds. The van der Waals surface area contributed by atoms with Crippen LogP contribution < -0.4 is 4.74 Å². The van der Waals surface area contributed by atoms with Crippen molar-refractivity contribution in [1.82, 2.24) is 4.90 Å². The summed E-state index contributed by atoms with van der Waals surface area (Å²) < 4.78 is 6.43. The SMILES string of the molecule is CCN(C)C=Nc1cc(C)c(OC2CCCC(C(C)(C)C)C2)cc1C. The summed E-state index contributed by atoms with van der Waals surface area (Å²) in [6.07, 6.45) is 7.19. The first-order valence-electron chi connectivity index (χ1n) is 9.73. The normalized spacial score (nSPS) is 21.6. The molecule has 1 aromatic carbocycles. The molecule has 140 valence electrons. The summed E-state index contributed by atoms with van der Waals surface area (Å²) in [5.74, 6) is 1.78. The van der Waals surface area contributed by atoms with Crippen molar-refractivity contribution in [2.75, 3.05) is 13.6 Å². The van der Waals surface area contributed by atoms with E-state index < -0.39 is 0 Å². The molecule has 1 fully saturated rings. The Hall–Kier alpha value is -1.51. The highest BCUT2D eigenvalue weighted by Crippen LogP contribution is 2.39. The minimum atomic E-state index is 0.344. The first-order chi connectivity index (χ1) is 11.7. The van der Waals surface area contributed by atoms with Crippen molar-refractivity contribution < 1.29 is 4.74 Å². The fourth-order valence-corrected chi connectivity index (χ4v) is 3.50. The number of hydrogen-bond donors (Lipinski definition) is 0. The molecule has 25 heavy (non-hydrogen) atoms. The number of rotatable bonds is 5. The van der Waals surface area contributed by atoms with E-state index in [0.717, 1.165) is 23.9 Å². The lowest BCUT2D eigenvalue weighted by Gasteiger charge is -2.37. The van der Waals surface area contributed by atoms with Gasteiger partial charge in [0.1, 0.15) is 5.75 Å². The minimum absolute atomic E-state index is 0.344. The van der Waals surface area contributed by atoms with E-state index in [2.05, 4.69) is 63.6 Å². The molecule has 3 nitrogen and oxygen atoms in total. The standard InChI is InChI=1S/C22H36N2O/c1-8-24(7)15-23-20-12-17(3)21(13-16(20)2)25-19-11-9-10-18(14-19)22(4,5)6/h12-13,15,18-19H,8-11,14H2,1-7H3. The van der Waals surface area contributed by atoms with Crippen LogP contribution in [0, 0.1) is 25.2 Å². The van der Waals surface area contributed by atoms with Crippen LogP contribution in [0.2, 0.25) is 0 Å². The van der Waals surface area contributed by atoms with Crippen LogP contribution in [0.5, 0.6) is 5.75 Å². The summed E-state index contributed by atoms with van der Waals surface area (Å²) in [7, 11) is 2.04. The van der Waals surface area contributed by atoms with Crippen molar-refractivity contribution in [3.05, 3.63) is 23.3 Å². The van der Waals surface area contributed by atoms with Crippen LogP contribution in [-0.4, -0.2) is 30.9 Å². The lowest BCUT2D eigenvalue weighted by Crippen LogP contribution is -2.32. The van der Waals surface area contributed by atoms with Gasteiger partial charge in [-0.1, -0.05) is 20.8 Å². The highest BCUT2D eigenvalue weighted by Gasteiger charge is 2.31. The smallest absolute Gasteiger partial charge is 0.123 e. The van der Waals surface area contributed by atoms with Crippen LogP contribution in [0.1, 0.15) is 64.5 Å². The zero-order valence-corrected chi connectivity index (χ0v) is 17.2. The molecule has 2 unspecified atom stereocenters. The minimum Gasteiger partial charge on any atom is -0.490 e. The highest BCUT2D eigenvalue weighted by atomic mass is 16.5. The van der Waals surface area contributed by atoms with E-state index in [4.69, 9.17) is 4.74 Å². The van der Waals surface area contributed by atoms with Crippen LogP contribution in [0.25, 0.3) is 0 Å². The molecule has 0 aromatic heterocycles. The molecular formula is C22H36N2O. The monoisotopic (exact) mass is 344 g/mol. The summed E-state index contributed by atoms with van der Waals surface area (Å²) in [6, 6.07) is 4.31. The molecule has 2 rings (SSSR count). The van der Waals surface area contributed by atoms with Gasteiger partial charge in [-0.3, -0.25) is 0 Å². The molecule has 1 aromatic rings. The van der Waals surface area contributed by atoms with Crippen molar-refractivity contribution in [1.29, 1.82) is 0 Å². The molecule has 0 saturated heterocycles. The van der Waals surface area contributed by atoms with Gasteiger partial charge in [-0.15, -0.1) is 0 Å². The molecule has 1 aliphatic rings. The lowest BCUT2D eigenvalue weighted by molar-refractivity contribution is 0.0741. The van der Waals surface area contributed by atoms with Gasteiger partial charge in [0, 0.05) is 13.6 Å². The van der Waals surface area contributed by atoms with Gasteiger partial charge in [0.15, 0.2) is 0 Å². The van der Waals surface area contributed by atoms with Crippen LogP contribution in [0.15, 0.2) is 17.1 Å². The number of hydrogen-bond acceptors (Lipinski definition) is 2. The third-order valence-electron chi connectivity index (χ3n) is 5.53. The van der Waals surface area contributed by atoms with Gasteiger partial charge in [0.05, 0.1) is 18.1 Å². The summed E-state index contributed by atoms with van der Waals surface area (Å²) in [6.45, 7) is 14.4. The number of aliphatic imine (C=N–C) groups is 1. The van der Waals surface area contributed by atoms with Gasteiger partial charge >= 0.3 is 0 Å². The van der Waals surface area contributed by atoms with E-state index in [0.29, 0.717) is 11.5 Å². The molecule has 0 spiro atoms. The molecule has 1 saturated carbocycles. The van der Waals surface area contributed by atoms with Crippen LogP contribution in [0.3, 0.4) is 0 Å². The number of nitrogens with zero attached hydrogens (tertiary/aromatic N) is 2. The Kier molecular flexibility index (Phi) is 6.53. The van der Waals surface area contributed by atoms with E-state index in [1.165, 1.54) is 36.8 Å². The summed E-state index contributed by atoms with van der Waals surface area (Å²) in [4.78, 5) is 6.69. The second-order valence-electron chi connectivity index (χ2n) is 8.69. The molecule has 0 aliphatic heterocycles. The first-order valence-corrected chi connectivity index (χ1v) is 9.73. The van der Waals surface area contributed by atoms with Crippen molar-refractivity contribution in [2.24, 2.45) is 16.3 Å². The van der Waals surface area contributed by atoms with Crippen molar-refractivity contribution in [2.45, 2.75) is 73.3 Å². The van der Waals surface area contributed by atoms with Gasteiger partial charge < -0.3 is 9.64 Å². The molecule has 2 atom stereocenters. The Morgan fingerprint density at radius 1 is 1.20 bits per heavy atom. The van der Waals surface area contributed by atoms with Gasteiger partial charge in [-0.05, 0) is 81.0 Å². The average molecular weight is 345 g/mol. The molecule has 0 heterocycles.